The predicted molar refractivity (Wildman–Crippen MR) is 146 cm³/mol. The molecule has 6 nitrogen and oxygen atoms in total. The fourth-order valence-electron chi connectivity index (χ4n) is 5.20. The topological polar surface area (TPSA) is 73.8 Å². The lowest BCUT2D eigenvalue weighted by Crippen LogP contribution is -2.35. The van der Waals surface area contributed by atoms with Crippen LogP contribution in [0.25, 0.3) is 11.8 Å². The summed E-state index contributed by atoms with van der Waals surface area (Å²) in [6.45, 7) is 8.58. The second-order valence-corrected chi connectivity index (χ2v) is 10.8. The Morgan fingerprint density at radius 1 is 1.17 bits per heavy atom. The zero-order chi connectivity index (χ0) is 24.7. The summed E-state index contributed by atoms with van der Waals surface area (Å²) < 4.78 is 2.20. The Balaban J connectivity index is 1.44. The van der Waals surface area contributed by atoms with Crippen molar-refractivity contribution in [3.63, 3.8) is 0 Å². The number of rotatable bonds is 5. The van der Waals surface area contributed by atoms with Crippen LogP contribution in [-0.2, 0) is 4.79 Å². The Labute approximate surface area is 211 Å². The maximum absolute atomic E-state index is 12.9. The minimum atomic E-state index is -0.364. The molecule has 1 aliphatic carbocycles. The number of hydrazone groups is 1. The van der Waals surface area contributed by atoms with Crippen molar-refractivity contribution in [1.82, 2.24) is 9.58 Å². The van der Waals surface area contributed by atoms with Crippen LogP contribution < -0.4 is 0 Å². The molecule has 1 N–H and O–H groups in total. The molecule has 2 aliphatic heterocycles. The van der Waals surface area contributed by atoms with Gasteiger partial charge in [0.05, 0.1) is 5.57 Å². The van der Waals surface area contributed by atoms with Crippen molar-refractivity contribution in [2.45, 2.75) is 72.1 Å². The normalized spacial score (nSPS) is 20.8. The number of aryl methyl sites for hydroxylation is 1. The maximum Gasteiger partial charge on any atom is 0.283 e. The second kappa shape index (κ2) is 9.61. The smallest absolute Gasteiger partial charge is 0.283 e. The third kappa shape index (κ3) is 4.42. The van der Waals surface area contributed by atoms with E-state index in [2.05, 4.69) is 67.6 Å². The molecule has 35 heavy (non-hydrogen) atoms. The van der Waals surface area contributed by atoms with Gasteiger partial charge in [-0.2, -0.15) is 15.1 Å². The molecule has 1 amide bonds. The van der Waals surface area contributed by atoms with E-state index in [-0.39, 0.29) is 17.3 Å². The molecule has 0 bridgehead atoms. The van der Waals surface area contributed by atoms with E-state index in [9.17, 15) is 4.79 Å². The van der Waals surface area contributed by atoms with Crippen LogP contribution in [0, 0.1) is 25.2 Å². The number of carbonyl (C=O) groups excluding carboxylic acids is 1. The number of hydrogen-bond donors (Lipinski definition) is 1. The Kier molecular flexibility index (Phi) is 6.53. The van der Waals surface area contributed by atoms with Gasteiger partial charge in [-0.3, -0.25) is 10.2 Å². The fourth-order valence-corrected chi connectivity index (χ4v) is 6.25. The monoisotopic (exact) mass is 487 g/mol. The highest BCUT2D eigenvalue weighted by Crippen LogP contribution is 2.36. The molecule has 0 unspecified atom stereocenters. The first kappa shape index (κ1) is 23.8. The van der Waals surface area contributed by atoms with Gasteiger partial charge in [-0.05, 0) is 86.2 Å². The SMILES string of the molecule is CC[C@H](C)c1ccc(-n2c(C)cc(/C=C3/C(=N)N4N=C(C5CCCCC5)SC4=NC3=O)c2C)cc1. The summed E-state index contributed by atoms with van der Waals surface area (Å²) in [5, 5.41) is 16.6. The number of aromatic nitrogens is 1. The van der Waals surface area contributed by atoms with E-state index in [4.69, 9.17) is 10.5 Å². The minimum absolute atomic E-state index is 0.112. The van der Waals surface area contributed by atoms with E-state index in [1.807, 2.05) is 0 Å². The van der Waals surface area contributed by atoms with Crippen LogP contribution in [0.5, 0.6) is 0 Å². The second-order valence-electron chi connectivity index (χ2n) is 9.86. The highest BCUT2D eigenvalue weighted by atomic mass is 32.2. The van der Waals surface area contributed by atoms with Crippen molar-refractivity contribution >= 4 is 39.8 Å². The van der Waals surface area contributed by atoms with Crippen LogP contribution in [0.2, 0.25) is 0 Å². The summed E-state index contributed by atoms with van der Waals surface area (Å²) in [5.41, 5.74) is 5.76. The van der Waals surface area contributed by atoms with Crippen LogP contribution in [-0.4, -0.2) is 31.5 Å². The Morgan fingerprint density at radius 2 is 1.89 bits per heavy atom. The highest BCUT2D eigenvalue weighted by Gasteiger charge is 2.38. The van der Waals surface area contributed by atoms with E-state index in [0.29, 0.717) is 17.0 Å². The third-order valence-corrected chi connectivity index (χ3v) is 8.60. The number of nitrogens with one attached hydrogen (secondary N) is 1. The highest BCUT2D eigenvalue weighted by molar-refractivity contribution is 8.27. The summed E-state index contributed by atoms with van der Waals surface area (Å²) in [6, 6.07) is 10.8. The molecule has 2 aromatic rings. The zero-order valence-electron chi connectivity index (χ0n) is 21.0. The predicted octanol–water partition coefficient (Wildman–Crippen LogP) is 6.81. The van der Waals surface area contributed by atoms with Gasteiger partial charge in [0, 0.05) is 23.0 Å². The lowest BCUT2D eigenvalue weighted by Gasteiger charge is -2.20. The number of aliphatic imine (C=N–C) groups is 1. The fraction of sp³-hybridized carbons (Fsp3) is 0.429. The quantitative estimate of drug-likeness (QED) is 0.471. The van der Waals surface area contributed by atoms with Crippen molar-refractivity contribution in [2.24, 2.45) is 16.0 Å². The van der Waals surface area contributed by atoms with E-state index in [1.54, 1.807) is 11.1 Å². The molecule has 3 aliphatic rings. The third-order valence-electron chi connectivity index (χ3n) is 7.53. The van der Waals surface area contributed by atoms with E-state index >= 15 is 0 Å². The molecular formula is C28H33N5OS. The average Bonchev–Trinajstić information content (AvgIpc) is 3.42. The van der Waals surface area contributed by atoms with Crippen molar-refractivity contribution in [1.29, 1.82) is 5.41 Å². The van der Waals surface area contributed by atoms with Gasteiger partial charge in [-0.15, -0.1) is 0 Å². The van der Waals surface area contributed by atoms with Gasteiger partial charge in [-0.1, -0.05) is 45.2 Å². The maximum atomic E-state index is 12.9. The van der Waals surface area contributed by atoms with Gasteiger partial charge in [0.15, 0.2) is 5.84 Å². The van der Waals surface area contributed by atoms with Gasteiger partial charge in [0.1, 0.15) is 5.04 Å². The first-order valence-corrected chi connectivity index (χ1v) is 13.5. The van der Waals surface area contributed by atoms with E-state index in [1.165, 1.54) is 36.6 Å². The average molecular weight is 488 g/mol. The summed E-state index contributed by atoms with van der Waals surface area (Å²) in [6.07, 6.45) is 8.88. The molecule has 1 aromatic heterocycles. The number of benzene rings is 1. The van der Waals surface area contributed by atoms with Gasteiger partial charge in [0.2, 0.25) is 5.17 Å². The number of carbonyl (C=O) groups is 1. The molecule has 5 rings (SSSR count). The molecule has 1 saturated carbocycles. The van der Waals surface area contributed by atoms with Crippen LogP contribution in [0.3, 0.4) is 0 Å². The molecule has 3 heterocycles. The van der Waals surface area contributed by atoms with Crippen LogP contribution in [0.1, 0.15) is 80.8 Å². The Hall–Kier alpha value is -2.93. The molecule has 0 spiro atoms. The largest absolute Gasteiger partial charge is 0.318 e. The van der Waals surface area contributed by atoms with Crippen LogP contribution >= 0.6 is 11.8 Å². The van der Waals surface area contributed by atoms with Crippen molar-refractivity contribution in [2.75, 3.05) is 0 Å². The van der Waals surface area contributed by atoms with Gasteiger partial charge in [0.25, 0.3) is 5.91 Å². The van der Waals surface area contributed by atoms with Crippen molar-refractivity contribution in [3.8, 4) is 5.69 Å². The number of hydrogen-bond acceptors (Lipinski definition) is 4. The van der Waals surface area contributed by atoms with Crippen molar-refractivity contribution in [3.05, 3.63) is 58.4 Å². The standard InChI is InChI=1S/C28H33N5OS/c1-5-17(2)20-11-13-23(14-12-20)32-18(3)15-22(19(32)4)16-24-25(29)33-28(30-26(24)34)35-27(31-33)21-9-7-6-8-10-21/h11-17,21,29H,5-10H2,1-4H3/b24-16-,29-25?/t17-/m0/s1. The lowest BCUT2D eigenvalue weighted by atomic mass is 9.90. The van der Waals surface area contributed by atoms with Gasteiger partial charge >= 0.3 is 0 Å². The summed E-state index contributed by atoms with van der Waals surface area (Å²) >= 11 is 1.46. The molecule has 1 fully saturated rings. The number of amides is 1. The number of thioether (sulfide) groups is 1. The number of amidine groups is 2. The molecular weight excluding hydrogens is 454 g/mol. The molecule has 0 saturated heterocycles. The first-order chi connectivity index (χ1) is 16.9. The zero-order valence-corrected chi connectivity index (χ0v) is 21.8. The summed E-state index contributed by atoms with van der Waals surface area (Å²) in [7, 11) is 0. The van der Waals surface area contributed by atoms with Gasteiger partial charge in [-0.25, -0.2) is 0 Å². The van der Waals surface area contributed by atoms with Crippen LogP contribution in [0.15, 0.2) is 46.0 Å². The Morgan fingerprint density at radius 3 is 2.57 bits per heavy atom. The number of nitrogens with zero attached hydrogens (tertiary/aromatic N) is 4. The molecule has 7 heteroatoms. The van der Waals surface area contributed by atoms with Gasteiger partial charge < -0.3 is 4.57 Å². The van der Waals surface area contributed by atoms with E-state index < -0.39 is 0 Å². The molecule has 1 atom stereocenters. The molecule has 0 radical (unpaired) electrons. The lowest BCUT2D eigenvalue weighted by molar-refractivity contribution is -0.114. The van der Waals surface area contributed by atoms with Crippen molar-refractivity contribution < 1.29 is 4.79 Å². The minimum Gasteiger partial charge on any atom is -0.318 e. The first-order valence-electron chi connectivity index (χ1n) is 12.7. The van der Waals surface area contributed by atoms with E-state index in [0.717, 1.165) is 46.9 Å². The summed E-state index contributed by atoms with van der Waals surface area (Å²) in [5.74, 6) is 0.704. The Bertz CT molecular complexity index is 1260. The molecule has 1 aromatic carbocycles. The summed E-state index contributed by atoms with van der Waals surface area (Å²) in [4.78, 5) is 17.2. The molecule has 182 valence electrons. The van der Waals surface area contributed by atoms with Crippen LogP contribution in [0.4, 0.5) is 0 Å². The number of fused-ring (bicyclic) bond motifs is 1.